The molecule has 1 atom stereocenters. The fraction of sp³-hybridized carbons (Fsp3) is 0.476. The molecule has 8 heteroatoms. The lowest BCUT2D eigenvalue weighted by molar-refractivity contribution is -0.128. The molecule has 156 valence electrons. The third kappa shape index (κ3) is 5.73. The van der Waals surface area contributed by atoms with Gasteiger partial charge >= 0.3 is 5.97 Å². The number of amides is 1. The van der Waals surface area contributed by atoms with Crippen LogP contribution in [0.3, 0.4) is 0 Å². The Morgan fingerprint density at radius 1 is 1.34 bits per heavy atom. The molecule has 0 spiro atoms. The second kappa shape index (κ2) is 9.17. The minimum atomic E-state index is -1.01. The highest BCUT2D eigenvalue weighted by Crippen LogP contribution is 2.26. The largest absolute Gasteiger partial charge is 0.476 e. The Labute approximate surface area is 179 Å². The van der Waals surface area contributed by atoms with Crippen molar-refractivity contribution in [1.82, 2.24) is 9.88 Å². The summed E-state index contributed by atoms with van der Waals surface area (Å²) in [6.07, 6.45) is 1.44. The number of nitrogens with one attached hydrogen (secondary N) is 1. The third-order valence-corrected chi connectivity index (χ3v) is 7.01. The number of anilines is 1. The molecule has 2 N–H and O–H groups in total. The van der Waals surface area contributed by atoms with Gasteiger partial charge in [-0.05, 0) is 29.5 Å². The summed E-state index contributed by atoms with van der Waals surface area (Å²) in [6.45, 7) is 7.96. The van der Waals surface area contributed by atoms with Crippen LogP contribution in [0.25, 0.3) is 0 Å². The number of carboxylic acid groups (broad SMARTS) is 1. The minimum Gasteiger partial charge on any atom is -0.476 e. The topological polar surface area (TPSA) is 82.5 Å². The summed E-state index contributed by atoms with van der Waals surface area (Å²) >= 11 is 2.83. The van der Waals surface area contributed by atoms with Gasteiger partial charge in [0, 0.05) is 42.4 Å². The first-order chi connectivity index (χ1) is 13.7. The molecule has 0 bridgehead atoms. The normalized spacial score (nSPS) is 17.0. The standard InChI is InChI=1S/C21H27N3O3S2/c1-21(2,3)14-4-6-15(7-5-14)22-12-16-8-9-18(25)24(16)10-11-28-20-23-17(13-29-20)19(26)27/h4-7,13,16,22H,8-12H2,1-3H3,(H,26,27)/t16-/m1/s1. The first-order valence-corrected chi connectivity index (χ1v) is 11.6. The van der Waals surface area contributed by atoms with Crippen LogP contribution < -0.4 is 5.32 Å². The first-order valence-electron chi connectivity index (χ1n) is 9.69. The number of hydrogen-bond acceptors (Lipinski definition) is 6. The number of carbonyl (C=O) groups is 2. The molecular weight excluding hydrogens is 406 g/mol. The van der Waals surface area contributed by atoms with E-state index in [0.717, 1.165) is 23.0 Å². The molecule has 2 heterocycles. The van der Waals surface area contributed by atoms with Crippen molar-refractivity contribution < 1.29 is 14.7 Å². The number of carbonyl (C=O) groups excluding carboxylic acids is 1. The Morgan fingerprint density at radius 2 is 2.07 bits per heavy atom. The lowest BCUT2D eigenvalue weighted by atomic mass is 9.87. The molecule has 0 radical (unpaired) electrons. The molecule has 1 aliphatic rings. The van der Waals surface area contributed by atoms with Crippen molar-refractivity contribution in [1.29, 1.82) is 0 Å². The quantitative estimate of drug-likeness (QED) is 0.603. The molecular formula is C21H27N3O3S2. The van der Waals surface area contributed by atoms with E-state index in [-0.39, 0.29) is 23.1 Å². The van der Waals surface area contributed by atoms with Crippen LogP contribution in [-0.2, 0) is 10.2 Å². The Balaban J connectivity index is 1.50. The van der Waals surface area contributed by atoms with Crippen LogP contribution in [0.4, 0.5) is 5.69 Å². The van der Waals surface area contributed by atoms with Gasteiger partial charge in [-0.1, -0.05) is 44.7 Å². The first kappa shape index (κ1) is 21.6. The molecule has 29 heavy (non-hydrogen) atoms. The summed E-state index contributed by atoms with van der Waals surface area (Å²) < 4.78 is 0.725. The van der Waals surface area contributed by atoms with Crippen LogP contribution in [0, 0.1) is 0 Å². The molecule has 2 aromatic rings. The van der Waals surface area contributed by atoms with Crippen molar-refractivity contribution in [2.75, 3.05) is 24.2 Å². The predicted octanol–water partition coefficient (Wildman–Crippen LogP) is 4.33. The SMILES string of the molecule is CC(C)(C)c1ccc(NC[C@H]2CCC(=O)N2CCSc2nc(C(=O)O)cs2)cc1. The molecule has 0 aliphatic carbocycles. The number of carboxylic acids is 1. The lowest BCUT2D eigenvalue weighted by Gasteiger charge is -2.25. The number of thiazole rings is 1. The fourth-order valence-corrected chi connectivity index (χ4v) is 5.10. The molecule has 1 aromatic heterocycles. The zero-order valence-electron chi connectivity index (χ0n) is 17.0. The Morgan fingerprint density at radius 3 is 2.69 bits per heavy atom. The Bertz CT molecular complexity index is 859. The molecule has 1 aromatic carbocycles. The Kier molecular flexibility index (Phi) is 6.85. The van der Waals surface area contributed by atoms with Crippen molar-refractivity contribution in [2.45, 2.75) is 49.4 Å². The van der Waals surface area contributed by atoms with Crippen molar-refractivity contribution >= 4 is 40.7 Å². The number of benzene rings is 1. The van der Waals surface area contributed by atoms with Gasteiger partial charge in [0.25, 0.3) is 0 Å². The molecule has 1 amide bonds. The molecule has 6 nitrogen and oxygen atoms in total. The second-order valence-corrected chi connectivity index (χ2v) is 10.3. The highest BCUT2D eigenvalue weighted by atomic mass is 32.2. The van der Waals surface area contributed by atoms with Crippen LogP contribution in [-0.4, -0.2) is 51.8 Å². The zero-order valence-corrected chi connectivity index (χ0v) is 18.6. The van der Waals surface area contributed by atoms with E-state index in [1.807, 2.05) is 4.90 Å². The summed E-state index contributed by atoms with van der Waals surface area (Å²) in [7, 11) is 0. The van der Waals surface area contributed by atoms with E-state index in [9.17, 15) is 9.59 Å². The smallest absolute Gasteiger partial charge is 0.355 e. The molecule has 0 saturated carbocycles. The molecule has 1 aliphatic heterocycles. The number of nitrogens with zero attached hydrogens (tertiary/aromatic N) is 2. The van der Waals surface area contributed by atoms with Crippen LogP contribution in [0.1, 0.15) is 49.7 Å². The van der Waals surface area contributed by atoms with E-state index in [0.29, 0.717) is 18.7 Å². The second-order valence-electron chi connectivity index (χ2n) is 8.14. The zero-order chi connectivity index (χ0) is 21.0. The lowest BCUT2D eigenvalue weighted by Crippen LogP contribution is -2.39. The van der Waals surface area contributed by atoms with Crippen molar-refractivity contribution in [3.05, 3.63) is 40.9 Å². The van der Waals surface area contributed by atoms with Crippen LogP contribution in [0.5, 0.6) is 0 Å². The summed E-state index contributed by atoms with van der Waals surface area (Å²) in [4.78, 5) is 29.2. The average molecular weight is 434 g/mol. The van der Waals surface area contributed by atoms with Crippen molar-refractivity contribution in [3.8, 4) is 0 Å². The maximum Gasteiger partial charge on any atom is 0.355 e. The predicted molar refractivity (Wildman–Crippen MR) is 118 cm³/mol. The van der Waals surface area contributed by atoms with Gasteiger partial charge in [-0.2, -0.15) is 0 Å². The van der Waals surface area contributed by atoms with E-state index >= 15 is 0 Å². The number of aromatic nitrogens is 1. The highest BCUT2D eigenvalue weighted by Gasteiger charge is 2.30. The number of likely N-dealkylation sites (tertiary alicyclic amines) is 1. The highest BCUT2D eigenvalue weighted by molar-refractivity contribution is 8.01. The maximum atomic E-state index is 12.3. The molecule has 1 fully saturated rings. The summed E-state index contributed by atoms with van der Waals surface area (Å²) in [6, 6.07) is 8.67. The number of aromatic carboxylic acids is 1. The van der Waals surface area contributed by atoms with Crippen LogP contribution >= 0.6 is 23.1 Å². The van der Waals surface area contributed by atoms with E-state index in [2.05, 4.69) is 55.3 Å². The molecule has 0 unspecified atom stereocenters. The number of hydrogen-bond donors (Lipinski definition) is 2. The molecule has 1 saturated heterocycles. The van der Waals surface area contributed by atoms with Crippen LogP contribution in [0.2, 0.25) is 0 Å². The van der Waals surface area contributed by atoms with E-state index in [1.54, 1.807) is 5.38 Å². The minimum absolute atomic E-state index is 0.0781. The Hall–Kier alpha value is -2.06. The number of rotatable bonds is 8. The van der Waals surface area contributed by atoms with Gasteiger partial charge in [-0.3, -0.25) is 4.79 Å². The van der Waals surface area contributed by atoms with Crippen molar-refractivity contribution in [2.24, 2.45) is 0 Å². The fourth-order valence-electron chi connectivity index (χ4n) is 3.29. The average Bonchev–Trinajstić information content (AvgIpc) is 3.27. The van der Waals surface area contributed by atoms with E-state index < -0.39 is 5.97 Å². The summed E-state index contributed by atoms with van der Waals surface area (Å²) in [5.74, 6) is -0.120. The van der Waals surface area contributed by atoms with Gasteiger partial charge in [0.1, 0.15) is 0 Å². The van der Waals surface area contributed by atoms with Crippen molar-refractivity contribution in [3.63, 3.8) is 0 Å². The maximum absolute atomic E-state index is 12.3. The van der Waals surface area contributed by atoms with Gasteiger partial charge in [0.2, 0.25) is 5.91 Å². The summed E-state index contributed by atoms with van der Waals surface area (Å²) in [5.41, 5.74) is 2.57. The summed E-state index contributed by atoms with van der Waals surface area (Å²) in [5, 5.41) is 14.0. The van der Waals surface area contributed by atoms with Gasteiger partial charge < -0.3 is 15.3 Å². The van der Waals surface area contributed by atoms with Crippen LogP contribution in [0.15, 0.2) is 34.0 Å². The molecule has 3 rings (SSSR count). The van der Waals surface area contributed by atoms with Gasteiger partial charge in [0.05, 0.1) is 0 Å². The monoisotopic (exact) mass is 433 g/mol. The van der Waals surface area contributed by atoms with E-state index in [1.165, 1.54) is 28.7 Å². The third-order valence-electron chi connectivity index (χ3n) is 5.01. The van der Waals surface area contributed by atoms with E-state index in [4.69, 9.17) is 5.11 Å². The van der Waals surface area contributed by atoms with Gasteiger partial charge in [-0.15, -0.1) is 11.3 Å². The van der Waals surface area contributed by atoms with Gasteiger partial charge in [0.15, 0.2) is 10.0 Å². The van der Waals surface area contributed by atoms with Gasteiger partial charge in [-0.25, -0.2) is 9.78 Å². The number of thioether (sulfide) groups is 1.